The number of carbonyl (C=O) groups excluding carboxylic acids is 2. The molecular formula is C31H41N3O5S. The van der Waals surface area contributed by atoms with E-state index in [1.54, 1.807) is 25.1 Å². The zero-order valence-corrected chi connectivity index (χ0v) is 24.2. The smallest absolute Gasteiger partial charge is 0.309 e. The first-order valence-electron chi connectivity index (χ1n) is 14.8. The van der Waals surface area contributed by atoms with Crippen LogP contribution in [0.1, 0.15) is 81.9 Å². The molecule has 1 saturated carbocycles. The van der Waals surface area contributed by atoms with Crippen LogP contribution in [0.15, 0.2) is 47.4 Å². The maximum atomic E-state index is 14.0. The number of hydrogen-bond donors (Lipinski definition) is 2. The molecule has 2 aliphatic carbocycles. The van der Waals surface area contributed by atoms with E-state index < -0.39 is 10.0 Å². The lowest BCUT2D eigenvalue weighted by Crippen LogP contribution is -2.38. The highest BCUT2D eigenvalue weighted by molar-refractivity contribution is 7.89. The van der Waals surface area contributed by atoms with Crippen molar-refractivity contribution in [1.82, 2.24) is 4.72 Å². The van der Waals surface area contributed by atoms with Crippen LogP contribution in [0.25, 0.3) is 0 Å². The summed E-state index contributed by atoms with van der Waals surface area (Å²) in [4.78, 5) is 27.5. The van der Waals surface area contributed by atoms with Gasteiger partial charge in [0.25, 0.3) is 0 Å². The second-order valence-electron chi connectivity index (χ2n) is 11.3. The maximum absolute atomic E-state index is 14.0. The van der Waals surface area contributed by atoms with Crippen molar-refractivity contribution in [1.29, 1.82) is 0 Å². The number of anilines is 2. The molecule has 0 unspecified atom stereocenters. The molecule has 9 heteroatoms. The fourth-order valence-corrected chi connectivity index (χ4v) is 7.92. The zero-order valence-electron chi connectivity index (χ0n) is 23.4. The predicted octanol–water partition coefficient (Wildman–Crippen LogP) is 5.34. The molecule has 216 valence electrons. The van der Waals surface area contributed by atoms with Crippen LogP contribution in [0.2, 0.25) is 0 Å². The van der Waals surface area contributed by atoms with E-state index in [1.165, 1.54) is 5.56 Å². The molecule has 5 rings (SSSR count). The van der Waals surface area contributed by atoms with Crippen molar-refractivity contribution < 1.29 is 22.7 Å². The number of rotatable bonds is 8. The summed E-state index contributed by atoms with van der Waals surface area (Å²) in [6, 6.07) is 12.9. The lowest BCUT2D eigenvalue weighted by Gasteiger charge is -2.34. The first-order valence-corrected chi connectivity index (χ1v) is 16.3. The Morgan fingerprint density at radius 1 is 0.925 bits per heavy atom. The van der Waals surface area contributed by atoms with Crippen molar-refractivity contribution in [3.05, 3.63) is 53.6 Å². The van der Waals surface area contributed by atoms with Crippen molar-refractivity contribution >= 4 is 33.3 Å². The van der Waals surface area contributed by atoms with Gasteiger partial charge in [0, 0.05) is 30.7 Å². The van der Waals surface area contributed by atoms with Crippen molar-refractivity contribution in [2.24, 2.45) is 11.8 Å². The molecule has 1 aliphatic heterocycles. The number of benzene rings is 2. The summed E-state index contributed by atoms with van der Waals surface area (Å²) in [7, 11) is -3.94. The van der Waals surface area contributed by atoms with Gasteiger partial charge in [0.05, 0.1) is 18.2 Å². The average Bonchev–Trinajstić information content (AvgIpc) is 2.98. The molecular weight excluding hydrogens is 526 g/mol. The number of carbonyl (C=O) groups is 2. The number of nitrogens with zero attached hydrogens (tertiary/aromatic N) is 1. The van der Waals surface area contributed by atoms with Crippen LogP contribution in [0.5, 0.6) is 0 Å². The molecule has 1 atom stereocenters. The molecule has 40 heavy (non-hydrogen) atoms. The number of nitrogens with one attached hydrogen (secondary N) is 2. The van der Waals surface area contributed by atoms with Gasteiger partial charge in [-0.25, -0.2) is 13.1 Å². The molecule has 1 heterocycles. The molecule has 2 N–H and O–H groups in total. The number of piperidine rings is 1. The number of amides is 1. The highest BCUT2D eigenvalue weighted by Gasteiger charge is 2.32. The molecule has 0 aromatic heterocycles. The molecule has 0 radical (unpaired) electrons. The summed E-state index contributed by atoms with van der Waals surface area (Å²) < 4.78 is 36.3. The van der Waals surface area contributed by atoms with Crippen molar-refractivity contribution in [3.8, 4) is 0 Å². The molecule has 8 nitrogen and oxygen atoms in total. The maximum Gasteiger partial charge on any atom is 0.309 e. The number of esters is 1. The molecule has 2 fully saturated rings. The van der Waals surface area contributed by atoms with E-state index in [9.17, 15) is 18.0 Å². The average molecular weight is 568 g/mol. The molecule has 0 bridgehead atoms. The Bertz CT molecular complexity index is 1310. The first-order chi connectivity index (χ1) is 19.4. The summed E-state index contributed by atoms with van der Waals surface area (Å²) in [5, 5.41) is 3.00. The van der Waals surface area contributed by atoms with Gasteiger partial charge in [-0.05, 0) is 81.2 Å². The Morgan fingerprint density at radius 3 is 2.42 bits per heavy atom. The monoisotopic (exact) mass is 567 g/mol. The van der Waals surface area contributed by atoms with Gasteiger partial charge < -0.3 is 15.0 Å². The Labute approximate surface area is 237 Å². The highest BCUT2D eigenvalue weighted by Crippen LogP contribution is 2.36. The van der Waals surface area contributed by atoms with Crippen LogP contribution in [-0.2, 0) is 30.8 Å². The largest absolute Gasteiger partial charge is 0.466 e. The minimum atomic E-state index is -3.94. The third kappa shape index (κ3) is 6.52. The van der Waals surface area contributed by atoms with E-state index in [2.05, 4.69) is 16.1 Å². The highest BCUT2D eigenvalue weighted by atomic mass is 32.2. The van der Waals surface area contributed by atoms with Crippen molar-refractivity contribution in [2.75, 3.05) is 29.9 Å². The van der Waals surface area contributed by atoms with Crippen LogP contribution in [0, 0.1) is 11.8 Å². The van der Waals surface area contributed by atoms with Crippen LogP contribution < -0.4 is 14.9 Å². The molecule has 3 aliphatic rings. The quantitative estimate of drug-likeness (QED) is 0.417. The number of fused-ring (bicyclic) bond motifs is 1. The van der Waals surface area contributed by atoms with E-state index >= 15 is 0 Å². The molecule has 1 amide bonds. The van der Waals surface area contributed by atoms with Gasteiger partial charge in [0.2, 0.25) is 15.9 Å². The van der Waals surface area contributed by atoms with Crippen LogP contribution in [0.4, 0.5) is 11.4 Å². The third-order valence-corrected chi connectivity index (χ3v) is 10.1. The second-order valence-corrected chi connectivity index (χ2v) is 13.0. The Kier molecular flexibility index (Phi) is 9.10. The minimum absolute atomic E-state index is 0.0350. The summed E-state index contributed by atoms with van der Waals surface area (Å²) in [6.45, 7) is 3.25. The zero-order chi connectivity index (χ0) is 28.1. The van der Waals surface area contributed by atoms with Gasteiger partial charge in [-0.1, -0.05) is 43.5 Å². The summed E-state index contributed by atoms with van der Waals surface area (Å²) in [6.07, 6.45) is 8.77. The van der Waals surface area contributed by atoms with E-state index in [-0.39, 0.29) is 34.6 Å². The number of aryl methyl sites for hydroxylation is 1. The second kappa shape index (κ2) is 12.7. The van der Waals surface area contributed by atoms with E-state index in [0.29, 0.717) is 43.9 Å². The van der Waals surface area contributed by atoms with E-state index in [1.807, 2.05) is 23.1 Å². The topological polar surface area (TPSA) is 105 Å². The Hall–Kier alpha value is -2.91. The van der Waals surface area contributed by atoms with Crippen molar-refractivity contribution in [3.63, 3.8) is 0 Å². The van der Waals surface area contributed by atoms with Crippen molar-refractivity contribution in [2.45, 2.75) is 82.1 Å². The Morgan fingerprint density at radius 2 is 1.68 bits per heavy atom. The first kappa shape index (κ1) is 28.6. The molecule has 0 spiro atoms. The minimum Gasteiger partial charge on any atom is -0.466 e. The van der Waals surface area contributed by atoms with Crippen LogP contribution >= 0.6 is 0 Å². The number of hydrogen-bond acceptors (Lipinski definition) is 6. The summed E-state index contributed by atoms with van der Waals surface area (Å²) in [5.74, 6) is -0.442. The lowest BCUT2D eigenvalue weighted by molar-refractivity contribution is -0.148. The lowest BCUT2D eigenvalue weighted by atomic mass is 9.88. The Balaban J connectivity index is 1.42. The fourth-order valence-electron chi connectivity index (χ4n) is 6.42. The van der Waals surface area contributed by atoms with Gasteiger partial charge in [-0.2, -0.15) is 0 Å². The van der Waals surface area contributed by atoms with Crippen LogP contribution in [0.3, 0.4) is 0 Å². The number of sulfonamides is 1. The molecule has 2 aromatic carbocycles. The van der Waals surface area contributed by atoms with Gasteiger partial charge in [-0.3, -0.25) is 9.59 Å². The number of ether oxygens (including phenoxy) is 1. The standard InChI is InChI=1S/C31H41N3O5S/c1-2-39-31(36)24-17-19-34(20-18-24)28-16-15-25(32-30(35)23-10-4-3-5-11-23)21-29(28)40(37,38)33-27-14-8-12-22-9-6-7-13-26(22)27/h6-7,9,13,15-16,21,23-24,27,33H,2-5,8,10-12,14,17-20H2,1H3,(H,32,35)/t27-/m1/s1. The normalized spacial score (nSPS) is 20.5. The summed E-state index contributed by atoms with van der Waals surface area (Å²) in [5.41, 5.74) is 3.28. The van der Waals surface area contributed by atoms with Crippen LogP contribution in [-0.4, -0.2) is 40.0 Å². The fraction of sp³-hybridized carbons (Fsp3) is 0.548. The van der Waals surface area contributed by atoms with E-state index in [0.717, 1.165) is 56.9 Å². The SMILES string of the molecule is CCOC(=O)C1CCN(c2ccc(NC(=O)C3CCCCC3)cc2S(=O)(=O)N[C@@H]2CCCc3ccccc32)CC1. The van der Waals surface area contributed by atoms with Gasteiger partial charge in [0.1, 0.15) is 4.90 Å². The summed E-state index contributed by atoms with van der Waals surface area (Å²) >= 11 is 0. The van der Waals surface area contributed by atoms with Gasteiger partial charge in [-0.15, -0.1) is 0 Å². The van der Waals surface area contributed by atoms with E-state index in [4.69, 9.17) is 4.74 Å². The van der Waals surface area contributed by atoms with Gasteiger partial charge >= 0.3 is 5.97 Å². The molecule has 1 saturated heterocycles. The predicted molar refractivity (Wildman–Crippen MR) is 156 cm³/mol. The van der Waals surface area contributed by atoms with Gasteiger partial charge in [0.15, 0.2) is 0 Å². The third-order valence-electron chi connectivity index (χ3n) is 8.62. The molecule has 2 aromatic rings.